The van der Waals surface area contributed by atoms with E-state index < -0.39 is 8.32 Å². The van der Waals surface area contributed by atoms with Gasteiger partial charge in [0.15, 0.2) is 8.32 Å². The van der Waals surface area contributed by atoms with Gasteiger partial charge >= 0.3 is 5.97 Å². The van der Waals surface area contributed by atoms with E-state index in [9.17, 15) is 4.79 Å². The van der Waals surface area contributed by atoms with Gasteiger partial charge in [-0.15, -0.1) is 0 Å². The summed E-state index contributed by atoms with van der Waals surface area (Å²) in [6, 6.07) is 1.25. The highest BCUT2D eigenvalue weighted by Crippen LogP contribution is 2.16. The Morgan fingerprint density at radius 3 is 2.22 bits per heavy atom. The van der Waals surface area contributed by atoms with Crippen LogP contribution in [0.25, 0.3) is 0 Å². The third-order valence-electron chi connectivity index (χ3n) is 3.14. The van der Waals surface area contributed by atoms with Crippen molar-refractivity contribution in [2.24, 2.45) is 0 Å². The maximum absolute atomic E-state index is 10.8. The van der Waals surface area contributed by atoms with E-state index in [0.717, 1.165) is 12.8 Å². The minimum absolute atomic E-state index is 0.318. The van der Waals surface area contributed by atoms with Crippen LogP contribution >= 0.6 is 0 Å². The molecule has 0 rings (SSSR count). The van der Waals surface area contributed by atoms with Crippen molar-refractivity contribution in [2.75, 3.05) is 13.7 Å². The second kappa shape index (κ2) is 10.3. The number of unbranched alkanes of at least 4 members (excludes halogenated alkanes) is 5. The average molecular weight is 272 g/mol. The smallest absolute Gasteiger partial charge is 0.330 e. The second-order valence-electron chi connectivity index (χ2n) is 5.21. The number of hydrogen-bond acceptors (Lipinski definition) is 3. The lowest BCUT2D eigenvalue weighted by atomic mass is 10.1. The van der Waals surface area contributed by atoms with E-state index in [1.807, 2.05) is 7.11 Å². The Morgan fingerprint density at radius 2 is 1.67 bits per heavy atom. The fraction of sp³-hybridized carbons (Fsp3) is 0.786. The van der Waals surface area contributed by atoms with Gasteiger partial charge in [-0.2, -0.15) is 0 Å². The van der Waals surface area contributed by atoms with Crippen molar-refractivity contribution in [3.05, 3.63) is 12.7 Å². The fourth-order valence-corrected chi connectivity index (χ4v) is 3.00. The maximum atomic E-state index is 10.8. The van der Waals surface area contributed by atoms with Gasteiger partial charge in [0.05, 0.1) is 6.61 Å². The van der Waals surface area contributed by atoms with Crippen LogP contribution in [0, 0.1) is 0 Å². The van der Waals surface area contributed by atoms with Crippen LogP contribution in [0.15, 0.2) is 12.7 Å². The molecule has 0 saturated heterocycles. The Morgan fingerprint density at radius 1 is 1.11 bits per heavy atom. The lowest BCUT2D eigenvalue weighted by Gasteiger charge is -2.19. The summed E-state index contributed by atoms with van der Waals surface area (Å²) >= 11 is 0. The van der Waals surface area contributed by atoms with Crippen molar-refractivity contribution in [1.29, 1.82) is 0 Å². The second-order valence-corrected chi connectivity index (χ2v) is 9.63. The summed E-state index contributed by atoms with van der Waals surface area (Å²) < 4.78 is 10.4. The van der Waals surface area contributed by atoms with Crippen molar-refractivity contribution in [3.63, 3.8) is 0 Å². The SMILES string of the molecule is C=CC(=O)OCCCCCCCC[Si](C)(C)OC. The lowest BCUT2D eigenvalue weighted by molar-refractivity contribution is -0.137. The monoisotopic (exact) mass is 272 g/mol. The zero-order valence-corrected chi connectivity index (χ0v) is 13.2. The zero-order valence-electron chi connectivity index (χ0n) is 12.2. The molecule has 0 heterocycles. The van der Waals surface area contributed by atoms with E-state index in [2.05, 4.69) is 19.7 Å². The average Bonchev–Trinajstić information content (AvgIpc) is 2.36. The summed E-state index contributed by atoms with van der Waals surface area (Å²) in [6.45, 7) is 8.41. The van der Waals surface area contributed by atoms with Gasteiger partial charge in [0.1, 0.15) is 0 Å². The van der Waals surface area contributed by atoms with E-state index in [4.69, 9.17) is 9.16 Å². The summed E-state index contributed by atoms with van der Waals surface area (Å²) in [7, 11) is 0.488. The van der Waals surface area contributed by atoms with Crippen LogP contribution in [0.4, 0.5) is 0 Å². The van der Waals surface area contributed by atoms with E-state index >= 15 is 0 Å². The molecular formula is C14H28O3Si. The number of esters is 1. The first-order valence-corrected chi connectivity index (χ1v) is 9.98. The largest absolute Gasteiger partial charge is 0.463 e. The fourth-order valence-electron chi connectivity index (χ4n) is 1.69. The summed E-state index contributed by atoms with van der Waals surface area (Å²) in [6.07, 6.45) is 8.35. The number of carbonyl (C=O) groups is 1. The summed E-state index contributed by atoms with van der Waals surface area (Å²) in [4.78, 5) is 10.8. The van der Waals surface area contributed by atoms with Crippen LogP contribution in [-0.4, -0.2) is 28.0 Å². The van der Waals surface area contributed by atoms with Crippen LogP contribution in [0.2, 0.25) is 19.1 Å². The third-order valence-corrected chi connectivity index (χ3v) is 5.80. The molecule has 0 unspecified atom stereocenters. The molecule has 0 atom stereocenters. The molecule has 0 saturated carbocycles. The first-order chi connectivity index (χ1) is 8.52. The topological polar surface area (TPSA) is 35.5 Å². The van der Waals surface area contributed by atoms with Crippen LogP contribution in [0.1, 0.15) is 38.5 Å². The van der Waals surface area contributed by atoms with Gasteiger partial charge in [0, 0.05) is 13.2 Å². The van der Waals surface area contributed by atoms with Crippen molar-refractivity contribution in [2.45, 2.75) is 57.7 Å². The van der Waals surface area contributed by atoms with Gasteiger partial charge in [0.25, 0.3) is 0 Å². The lowest BCUT2D eigenvalue weighted by Crippen LogP contribution is -2.27. The molecule has 0 aromatic carbocycles. The molecule has 0 aliphatic carbocycles. The molecule has 0 aromatic rings. The number of carbonyl (C=O) groups excluding carboxylic acids is 1. The molecule has 0 aliphatic rings. The highest BCUT2D eigenvalue weighted by Gasteiger charge is 2.18. The van der Waals surface area contributed by atoms with Crippen molar-refractivity contribution in [3.8, 4) is 0 Å². The predicted octanol–water partition coefficient (Wildman–Crippen LogP) is 3.91. The van der Waals surface area contributed by atoms with Gasteiger partial charge in [-0.25, -0.2) is 4.79 Å². The molecule has 0 aromatic heterocycles. The standard InChI is InChI=1S/C14H28O3Si/c1-5-14(15)17-12-10-8-6-7-9-11-13-18(3,4)16-2/h5H,1,6-13H2,2-4H3. The first-order valence-electron chi connectivity index (χ1n) is 6.86. The van der Waals surface area contributed by atoms with E-state index in [-0.39, 0.29) is 5.97 Å². The minimum Gasteiger partial charge on any atom is -0.463 e. The molecule has 3 nitrogen and oxygen atoms in total. The summed E-state index contributed by atoms with van der Waals surface area (Å²) in [5.74, 6) is -0.318. The van der Waals surface area contributed by atoms with Crippen molar-refractivity contribution < 1.29 is 14.0 Å². The molecular weight excluding hydrogens is 244 g/mol. The molecule has 0 radical (unpaired) electrons. The minimum atomic E-state index is -1.34. The summed E-state index contributed by atoms with van der Waals surface area (Å²) in [5, 5.41) is 0. The van der Waals surface area contributed by atoms with Gasteiger partial charge < -0.3 is 9.16 Å². The zero-order chi connectivity index (χ0) is 13.9. The normalized spacial score (nSPS) is 11.3. The quantitative estimate of drug-likeness (QED) is 0.248. The molecule has 0 bridgehead atoms. The van der Waals surface area contributed by atoms with Gasteiger partial charge in [-0.1, -0.05) is 38.7 Å². The highest BCUT2D eigenvalue weighted by atomic mass is 28.4. The molecule has 0 amide bonds. The Hall–Kier alpha value is -0.613. The molecule has 0 spiro atoms. The Bertz CT molecular complexity index is 239. The third kappa shape index (κ3) is 10.5. The first kappa shape index (κ1) is 17.4. The number of ether oxygens (including phenoxy) is 1. The maximum Gasteiger partial charge on any atom is 0.330 e. The number of rotatable bonds is 11. The van der Waals surface area contributed by atoms with Crippen LogP contribution in [0.5, 0.6) is 0 Å². The Kier molecular flexibility index (Phi) is 9.97. The van der Waals surface area contributed by atoms with Crippen LogP contribution in [-0.2, 0) is 14.0 Å². The molecule has 4 heteroatoms. The molecule has 0 N–H and O–H groups in total. The van der Waals surface area contributed by atoms with Gasteiger partial charge in [0.2, 0.25) is 0 Å². The Balaban J connectivity index is 3.22. The summed E-state index contributed by atoms with van der Waals surface area (Å²) in [5.41, 5.74) is 0. The van der Waals surface area contributed by atoms with Gasteiger partial charge in [-0.3, -0.25) is 0 Å². The highest BCUT2D eigenvalue weighted by molar-refractivity contribution is 6.71. The van der Waals surface area contributed by atoms with E-state index in [1.54, 1.807) is 0 Å². The van der Waals surface area contributed by atoms with E-state index in [0.29, 0.717) is 6.61 Å². The van der Waals surface area contributed by atoms with Gasteiger partial charge in [-0.05, 0) is 25.6 Å². The van der Waals surface area contributed by atoms with Crippen molar-refractivity contribution in [1.82, 2.24) is 0 Å². The molecule has 0 aliphatic heterocycles. The molecule has 106 valence electrons. The van der Waals surface area contributed by atoms with Crippen molar-refractivity contribution >= 4 is 14.3 Å². The number of hydrogen-bond donors (Lipinski definition) is 0. The van der Waals surface area contributed by atoms with Crippen LogP contribution < -0.4 is 0 Å². The Labute approximate surface area is 113 Å². The molecule has 0 fully saturated rings. The predicted molar refractivity (Wildman–Crippen MR) is 78.2 cm³/mol. The van der Waals surface area contributed by atoms with Crippen LogP contribution in [0.3, 0.4) is 0 Å². The molecule has 18 heavy (non-hydrogen) atoms. The van der Waals surface area contributed by atoms with E-state index in [1.165, 1.54) is 37.8 Å².